The number of carbonyl (C=O) groups is 1. The lowest BCUT2D eigenvalue weighted by molar-refractivity contribution is 0.0906. The van der Waals surface area contributed by atoms with E-state index in [0.717, 1.165) is 10.4 Å². The van der Waals surface area contributed by atoms with Crippen LogP contribution in [0.3, 0.4) is 0 Å². The van der Waals surface area contributed by atoms with Crippen LogP contribution in [0.4, 0.5) is 0 Å². The number of hydrogen-bond acceptors (Lipinski definition) is 5. The van der Waals surface area contributed by atoms with Crippen LogP contribution in [0.2, 0.25) is 0 Å². The molecule has 0 spiro atoms. The van der Waals surface area contributed by atoms with E-state index in [1.807, 2.05) is 34.3 Å². The molecule has 1 N–H and O–H groups in total. The van der Waals surface area contributed by atoms with Gasteiger partial charge in [-0.25, -0.2) is 0 Å². The summed E-state index contributed by atoms with van der Waals surface area (Å²) >= 11 is 3.22. The summed E-state index contributed by atoms with van der Waals surface area (Å²) in [6.45, 7) is 0. The maximum absolute atomic E-state index is 12.1. The van der Waals surface area contributed by atoms with E-state index in [1.54, 1.807) is 28.7 Å². The Kier molecular flexibility index (Phi) is 3.43. The monoisotopic (exact) mass is 290 g/mol. The fourth-order valence-corrected chi connectivity index (χ4v) is 3.24. The van der Waals surface area contributed by atoms with E-state index in [4.69, 9.17) is 4.52 Å². The van der Waals surface area contributed by atoms with E-state index in [1.165, 1.54) is 6.20 Å². The molecule has 0 aliphatic carbocycles. The first-order valence-corrected chi connectivity index (χ1v) is 7.44. The van der Waals surface area contributed by atoms with Gasteiger partial charge in [0, 0.05) is 10.9 Å². The second kappa shape index (κ2) is 5.38. The molecule has 1 amide bonds. The van der Waals surface area contributed by atoms with Crippen LogP contribution in [0.25, 0.3) is 0 Å². The van der Waals surface area contributed by atoms with E-state index in [0.29, 0.717) is 0 Å². The summed E-state index contributed by atoms with van der Waals surface area (Å²) < 4.78 is 4.87. The zero-order valence-electron chi connectivity index (χ0n) is 9.78. The van der Waals surface area contributed by atoms with E-state index >= 15 is 0 Å². The molecule has 0 fully saturated rings. The number of rotatable bonds is 4. The standard InChI is InChI=1S/C13H10N2O2S2/c16-13(10-3-5-14-17-10)15-12(9-4-7-18-8-9)11-2-1-6-19-11/h1-8,12H,(H,15,16)/t12-/m1/s1. The second-order valence-electron chi connectivity index (χ2n) is 3.86. The summed E-state index contributed by atoms with van der Waals surface area (Å²) in [6, 6.07) is 7.39. The number of nitrogens with one attached hydrogen (secondary N) is 1. The maximum Gasteiger partial charge on any atom is 0.290 e. The Morgan fingerprint density at radius 3 is 2.89 bits per heavy atom. The third-order valence-corrected chi connectivity index (χ3v) is 4.28. The molecule has 0 aromatic carbocycles. The average Bonchev–Trinajstić information content (AvgIpc) is 3.17. The number of thiophene rings is 2. The minimum Gasteiger partial charge on any atom is -0.351 e. The first-order valence-electron chi connectivity index (χ1n) is 5.61. The lowest BCUT2D eigenvalue weighted by Crippen LogP contribution is -2.28. The van der Waals surface area contributed by atoms with Crippen molar-refractivity contribution in [2.45, 2.75) is 6.04 Å². The molecule has 0 saturated heterocycles. The number of amides is 1. The normalized spacial score (nSPS) is 12.2. The molecule has 3 aromatic heterocycles. The van der Waals surface area contributed by atoms with Crippen molar-refractivity contribution in [3.63, 3.8) is 0 Å². The zero-order chi connectivity index (χ0) is 13.1. The van der Waals surface area contributed by atoms with Crippen molar-refractivity contribution >= 4 is 28.6 Å². The molecule has 0 saturated carbocycles. The molecule has 0 aliphatic heterocycles. The first kappa shape index (κ1) is 12.1. The molecule has 96 valence electrons. The predicted molar refractivity (Wildman–Crippen MR) is 74.5 cm³/mol. The fourth-order valence-electron chi connectivity index (χ4n) is 1.75. The van der Waals surface area contributed by atoms with Crippen molar-refractivity contribution in [1.29, 1.82) is 0 Å². The molecule has 3 heterocycles. The Morgan fingerprint density at radius 1 is 1.32 bits per heavy atom. The Hall–Kier alpha value is -1.92. The SMILES string of the molecule is O=C(N[C@H](c1ccsc1)c1cccs1)c1ccno1. The molecule has 3 aromatic rings. The zero-order valence-corrected chi connectivity index (χ0v) is 11.4. The van der Waals surface area contributed by atoms with E-state index in [-0.39, 0.29) is 17.7 Å². The molecule has 1 atom stereocenters. The molecule has 4 nitrogen and oxygen atoms in total. The van der Waals surface area contributed by atoms with Crippen molar-refractivity contribution in [2.24, 2.45) is 0 Å². The molecule has 0 radical (unpaired) electrons. The largest absolute Gasteiger partial charge is 0.351 e. The highest BCUT2D eigenvalue weighted by Crippen LogP contribution is 2.27. The molecular weight excluding hydrogens is 280 g/mol. The smallest absolute Gasteiger partial charge is 0.290 e. The molecule has 6 heteroatoms. The molecular formula is C13H10N2O2S2. The molecule has 0 unspecified atom stereocenters. The fraction of sp³-hybridized carbons (Fsp3) is 0.0769. The van der Waals surface area contributed by atoms with Crippen LogP contribution < -0.4 is 5.32 Å². The minimum absolute atomic E-state index is 0.149. The topological polar surface area (TPSA) is 55.1 Å². The van der Waals surface area contributed by atoms with Crippen LogP contribution in [-0.4, -0.2) is 11.1 Å². The van der Waals surface area contributed by atoms with Crippen molar-refractivity contribution in [3.8, 4) is 0 Å². The number of hydrogen-bond donors (Lipinski definition) is 1. The van der Waals surface area contributed by atoms with Crippen molar-refractivity contribution in [1.82, 2.24) is 10.5 Å². The quantitative estimate of drug-likeness (QED) is 0.802. The highest BCUT2D eigenvalue weighted by molar-refractivity contribution is 7.10. The lowest BCUT2D eigenvalue weighted by atomic mass is 10.1. The second-order valence-corrected chi connectivity index (χ2v) is 5.61. The summed E-state index contributed by atoms with van der Waals surface area (Å²) in [5, 5.41) is 12.5. The minimum atomic E-state index is -0.262. The van der Waals surface area contributed by atoms with Gasteiger partial charge in [0.1, 0.15) is 0 Å². The highest BCUT2D eigenvalue weighted by Gasteiger charge is 2.20. The van der Waals surface area contributed by atoms with Gasteiger partial charge in [-0.1, -0.05) is 11.2 Å². The van der Waals surface area contributed by atoms with Crippen LogP contribution in [0, 0.1) is 0 Å². The van der Waals surface area contributed by atoms with Crippen LogP contribution >= 0.6 is 22.7 Å². The maximum atomic E-state index is 12.1. The summed E-state index contributed by atoms with van der Waals surface area (Å²) in [5.41, 5.74) is 1.07. The van der Waals surface area contributed by atoms with E-state index < -0.39 is 0 Å². The molecule has 0 bridgehead atoms. The highest BCUT2D eigenvalue weighted by atomic mass is 32.1. The van der Waals surface area contributed by atoms with Crippen LogP contribution in [-0.2, 0) is 0 Å². The third kappa shape index (κ3) is 2.59. The van der Waals surface area contributed by atoms with Gasteiger partial charge in [-0.3, -0.25) is 4.79 Å². The molecule has 3 rings (SSSR count). The van der Waals surface area contributed by atoms with Crippen molar-refractivity contribution in [2.75, 3.05) is 0 Å². The number of carbonyl (C=O) groups excluding carboxylic acids is 1. The number of aromatic nitrogens is 1. The Labute approximate surface area is 117 Å². The lowest BCUT2D eigenvalue weighted by Gasteiger charge is -2.15. The predicted octanol–water partition coefficient (Wildman–Crippen LogP) is 3.32. The Balaban J connectivity index is 1.87. The van der Waals surface area contributed by atoms with Crippen LogP contribution in [0.1, 0.15) is 27.0 Å². The Bertz CT molecular complexity index is 596. The molecule has 19 heavy (non-hydrogen) atoms. The van der Waals surface area contributed by atoms with Gasteiger partial charge in [-0.05, 0) is 33.8 Å². The van der Waals surface area contributed by atoms with Gasteiger partial charge in [-0.2, -0.15) is 11.3 Å². The van der Waals surface area contributed by atoms with Gasteiger partial charge in [0.05, 0.1) is 12.2 Å². The van der Waals surface area contributed by atoms with Crippen LogP contribution in [0.15, 0.2) is 51.1 Å². The third-order valence-electron chi connectivity index (χ3n) is 2.64. The van der Waals surface area contributed by atoms with Gasteiger partial charge in [0.25, 0.3) is 5.91 Å². The van der Waals surface area contributed by atoms with Crippen molar-refractivity contribution in [3.05, 3.63) is 62.8 Å². The van der Waals surface area contributed by atoms with Gasteiger partial charge >= 0.3 is 0 Å². The van der Waals surface area contributed by atoms with E-state index in [2.05, 4.69) is 10.5 Å². The van der Waals surface area contributed by atoms with Gasteiger partial charge < -0.3 is 9.84 Å². The molecule has 0 aliphatic rings. The summed E-state index contributed by atoms with van der Waals surface area (Å²) in [5.74, 6) is -0.0427. The van der Waals surface area contributed by atoms with Gasteiger partial charge in [0.15, 0.2) is 0 Å². The summed E-state index contributed by atoms with van der Waals surface area (Å²) in [7, 11) is 0. The van der Waals surface area contributed by atoms with Gasteiger partial charge in [0.2, 0.25) is 5.76 Å². The van der Waals surface area contributed by atoms with Crippen molar-refractivity contribution < 1.29 is 9.32 Å². The van der Waals surface area contributed by atoms with Gasteiger partial charge in [-0.15, -0.1) is 11.3 Å². The van der Waals surface area contributed by atoms with Crippen LogP contribution in [0.5, 0.6) is 0 Å². The van der Waals surface area contributed by atoms with E-state index in [9.17, 15) is 4.79 Å². The number of nitrogens with zero attached hydrogens (tertiary/aromatic N) is 1. The summed E-state index contributed by atoms with van der Waals surface area (Å²) in [6.07, 6.45) is 1.46. The average molecular weight is 290 g/mol. The first-order chi connectivity index (χ1) is 9.34. The Morgan fingerprint density at radius 2 is 2.26 bits per heavy atom. The summed E-state index contributed by atoms with van der Waals surface area (Å²) in [4.78, 5) is 13.2.